The number of allylic oxidation sites excluding steroid dienone is 7. The van der Waals surface area contributed by atoms with Gasteiger partial charge >= 0.3 is 0 Å². The third-order valence-electron chi connectivity index (χ3n) is 4.34. The van der Waals surface area contributed by atoms with Crippen molar-refractivity contribution in [3.05, 3.63) is 59.4 Å². The van der Waals surface area contributed by atoms with Gasteiger partial charge in [-0.25, -0.2) is 0 Å². The fraction of sp³-hybridized carbons (Fsp3) is 0.621. The lowest BCUT2D eigenvalue weighted by Crippen LogP contribution is -2.15. The van der Waals surface area contributed by atoms with Gasteiger partial charge in [-0.3, -0.25) is 0 Å². The number of carbonyl (C=O) groups excluding carboxylic acids is 1. The Morgan fingerprint density at radius 2 is 1.39 bits per heavy atom. The quantitative estimate of drug-likeness (QED) is 0.207. The Hall–Kier alpha value is -1.83. The molecule has 0 rings (SSSR count). The molecule has 0 saturated carbocycles. The lowest BCUT2D eigenvalue weighted by Gasteiger charge is -2.13. The van der Waals surface area contributed by atoms with E-state index in [1.54, 1.807) is 6.92 Å². The molecule has 0 aromatic rings. The SMILES string of the molecule is C=C(NCCCCCCCC(C)=O)C(\C=C/C(/C=C\CC)=C/CC)=C(C)C.CC.CC. The van der Waals surface area contributed by atoms with E-state index in [1.807, 2.05) is 27.7 Å². The minimum absolute atomic E-state index is 0.303. The summed E-state index contributed by atoms with van der Waals surface area (Å²) < 4.78 is 0. The second-order valence-corrected chi connectivity index (χ2v) is 7.30. The van der Waals surface area contributed by atoms with Crippen molar-refractivity contribution < 1.29 is 4.79 Å². The molecule has 0 spiro atoms. The minimum Gasteiger partial charge on any atom is -0.385 e. The Kier molecular flexibility index (Phi) is 28.6. The van der Waals surface area contributed by atoms with E-state index >= 15 is 0 Å². The number of hydrogen-bond acceptors (Lipinski definition) is 2. The van der Waals surface area contributed by atoms with Gasteiger partial charge in [-0.2, -0.15) is 0 Å². The van der Waals surface area contributed by atoms with Crippen LogP contribution in [-0.4, -0.2) is 12.3 Å². The van der Waals surface area contributed by atoms with Crippen molar-refractivity contribution in [1.82, 2.24) is 5.32 Å². The lowest BCUT2D eigenvalue weighted by molar-refractivity contribution is -0.117. The summed E-state index contributed by atoms with van der Waals surface area (Å²) >= 11 is 0. The van der Waals surface area contributed by atoms with Crippen molar-refractivity contribution in [3.8, 4) is 0 Å². The van der Waals surface area contributed by atoms with Crippen molar-refractivity contribution in [1.29, 1.82) is 0 Å². The molecule has 0 aliphatic carbocycles. The maximum atomic E-state index is 10.9. The van der Waals surface area contributed by atoms with E-state index in [-0.39, 0.29) is 0 Å². The van der Waals surface area contributed by atoms with Crippen molar-refractivity contribution >= 4 is 5.78 Å². The van der Waals surface area contributed by atoms with E-state index in [9.17, 15) is 4.79 Å². The van der Waals surface area contributed by atoms with Gasteiger partial charge in [0.05, 0.1) is 0 Å². The van der Waals surface area contributed by atoms with E-state index in [0.29, 0.717) is 5.78 Å². The van der Waals surface area contributed by atoms with Crippen LogP contribution in [0.3, 0.4) is 0 Å². The molecule has 0 aliphatic rings. The molecule has 0 aliphatic heterocycles. The molecular formula is C29H53NO. The summed E-state index contributed by atoms with van der Waals surface area (Å²) in [6.45, 7) is 23.4. The molecule has 1 N–H and O–H groups in total. The smallest absolute Gasteiger partial charge is 0.129 e. The Balaban J connectivity index is -0.00000184. The van der Waals surface area contributed by atoms with Gasteiger partial charge in [-0.05, 0) is 57.6 Å². The van der Waals surface area contributed by atoms with Crippen molar-refractivity contribution in [2.45, 2.75) is 114 Å². The molecule has 0 heterocycles. The summed E-state index contributed by atoms with van der Waals surface area (Å²) in [6, 6.07) is 0. The van der Waals surface area contributed by atoms with Crippen LogP contribution in [0.1, 0.15) is 114 Å². The molecule has 0 fully saturated rings. The van der Waals surface area contributed by atoms with Crippen LogP contribution in [0.15, 0.2) is 59.4 Å². The lowest BCUT2D eigenvalue weighted by atomic mass is 10.0. The van der Waals surface area contributed by atoms with Gasteiger partial charge in [0.2, 0.25) is 0 Å². The molecule has 2 nitrogen and oxygen atoms in total. The van der Waals surface area contributed by atoms with Gasteiger partial charge in [0, 0.05) is 18.7 Å². The number of rotatable bonds is 15. The monoisotopic (exact) mass is 431 g/mol. The Bertz CT molecular complexity index is 557. The summed E-state index contributed by atoms with van der Waals surface area (Å²) in [7, 11) is 0. The topological polar surface area (TPSA) is 29.1 Å². The molecule has 0 bridgehead atoms. The summed E-state index contributed by atoms with van der Waals surface area (Å²) in [6.07, 6.45) is 19.5. The summed E-state index contributed by atoms with van der Waals surface area (Å²) in [4.78, 5) is 10.9. The van der Waals surface area contributed by atoms with Crippen LogP contribution in [0.25, 0.3) is 0 Å². The zero-order chi connectivity index (χ0) is 24.5. The average Bonchev–Trinajstić information content (AvgIpc) is 2.76. The number of Topliss-reactive ketones (excluding diaryl/α,β-unsaturated/α-hetero) is 1. The number of nitrogens with one attached hydrogen (secondary N) is 1. The molecule has 0 saturated heterocycles. The molecule has 31 heavy (non-hydrogen) atoms. The Morgan fingerprint density at radius 1 is 0.806 bits per heavy atom. The van der Waals surface area contributed by atoms with Crippen LogP contribution in [0, 0.1) is 0 Å². The zero-order valence-electron chi connectivity index (χ0n) is 22.4. The van der Waals surface area contributed by atoms with Gasteiger partial charge in [0.25, 0.3) is 0 Å². The molecule has 180 valence electrons. The first kappa shape index (κ1) is 33.8. The van der Waals surface area contributed by atoms with E-state index < -0.39 is 0 Å². The summed E-state index contributed by atoms with van der Waals surface area (Å²) in [5.41, 5.74) is 4.70. The predicted octanol–water partition coefficient (Wildman–Crippen LogP) is 9.27. The van der Waals surface area contributed by atoms with Crippen LogP contribution in [0.2, 0.25) is 0 Å². The second kappa shape index (κ2) is 26.2. The number of unbranched alkanes of at least 4 members (excludes halogenated alkanes) is 4. The van der Waals surface area contributed by atoms with E-state index in [4.69, 9.17) is 0 Å². The molecule has 0 radical (unpaired) electrons. The highest BCUT2D eigenvalue weighted by atomic mass is 16.1. The Morgan fingerprint density at radius 3 is 1.90 bits per heavy atom. The number of hydrogen-bond donors (Lipinski definition) is 1. The van der Waals surface area contributed by atoms with E-state index in [1.165, 1.54) is 29.6 Å². The molecular weight excluding hydrogens is 378 g/mol. The highest BCUT2D eigenvalue weighted by molar-refractivity contribution is 5.75. The molecule has 0 aromatic heterocycles. The normalized spacial score (nSPS) is 10.8. The Labute approximate surface area is 195 Å². The summed E-state index contributed by atoms with van der Waals surface area (Å²) in [5, 5.41) is 3.48. The maximum absolute atomic E-state index is 10.9. The highest BCUT2D eigenvalue weighted by Gasteiger charge is 2.02. The third kappa shape index (κ3) is 22.7. The van der Waals surface area contributed by atoms with Crippen molar-refractivity contribution in [3.63, 3.8) is 0 Å². The maximum Gasteiger partial charge on any atom is 0.129 e. The molecule has 0 amide bonds. The van der Waals surface area contributed by atoms with Crippen LogP contribution in [0.5, 0.6) is 0 Å². The van der Waals surface area contributed by atoms with Crippen LogP contribution in [0.4, 0.5) is 0 Å². The van der Waals surface area contributed by atoms with Gasteiger partial charge in [0.15, 0.2) is 0 Å². The molecule has 2 heteroatoms. The highest BCUT2D eigenvalue weighted by Crippen LogP contribution is 2.15. The van der Waals surface area contributed by atoms with Crippen LogP contribution < -0.4 is 5.32 Å². The first-order chi connectivity index (χ1) is 14.9. The average molecular weight is 432 g/mol. The standard InChI is InChI=1S/C25H41NO.2C2H6/c1-7-9-17-24(15-8-2)18-19-25(21(3)4)23(6)26-20-14-12-10-11-13-16-22(5)27;2*1-2/h9,15,17-19,26H,6-8,10-14,16,20H2,1-5H3;2*1-2H3/b17-9-,19-18-,24-15+;;. The number of ketones is 1. The van der Waals surface area contributed by atoms with Crippen molar-refractivity contribution in [2.24, 2.45) is 0 Å². The minimum atomic E-state index is 0.303. The largest absolute Gasteiger partial charge is 0.385 e. The number of carbonyl (C=O) groups is 1. The van der Waals surface area contributed by atoms with Gasteiger partial charge < -0.3 is 10.1 Å². The van der Waals surface area contributed by atoms with Crippen LogP contribution in [-0.2, 0) is 4.79 Å². The second-order valence-electron chi connectivity index (χ2n) is 7.30. The van der Waals surface area contributed by atoms with E-state index in [2.05, 4.69) is 70.0 Å². The first-order valence-corrected chi connectivity index (χ1v) is 12.6. The zero-order valence-corrected chi connectivity index (χ0v) is 22.4. The van der Waals surface area contributed by atoms with E-state index in [0.717, 1.165) is 50.8 Å². The van der Waals surface area contributed by atoms with Crippen LogP contribution >= 0.6 is 0 Å². The van der Waals surface area contributed by atoms with Crippen molar-refractivity contribution in [2.75, 3.05) is 6.54 Å². The fourth-order valence-electron chi connectivity index (χ4n) is 2.79. The van der Waals surface area contributed by atoms with Gasteiger partial charge in [0.1, 0.15) is 5.78 Å². The predicted molar refractivity (Wildman–Crippen MR) is 144 cm³/mol. The molecule has 0 aromatic carbocycles. The molecule has 0 atom stereocenters. The fourth-order valence-corrected chi connectivity index (χ4v) is 2.79. The summed E-state index contributed by atoms with van der Waals surface area (Å²) in [5.74, 6) is 0.303. The van der Waals surface area contributed by atoms with Gasteiger partial charge in [-0.1, -0.05) is 103 Å². The van der Waals surface area contributed by atoms with Gasteiger partial charge in [-0.15, -0.1) is 0 Å². The molecule has 0 unspecified atom stereocenters. The third-order valence-corrected chi connectivity index (χ3v) is 4.34. The first-order valence-electron chi connectivity index (χ1n) is 12.6.